The minimum Gasteiger partial charge on any atom is -0.322 e. The van der Waals surface area contributed by atoms with Crippen LogP contribution in [0.5, 0.6) is 0 Å². The summed E-state index contributed by atoms with van der Waals surface area (Å²) in [6, 6.07) is 0. The lowest BCUT2D eigenvalue weighted by Gasteiger charge is -2.08. The van der Waals surface area contributed by atoms with Crippen LogP contribution in [0.4, 0.5) is 0 Å². The summed E-state index contributed by atoms with van der Waals surface area (Å²) in [6.07, 6.45) is 10.2. The molecule has 0 saturated heterocycles. The highest BCUT2D eigenvalue weighted by Gasteiger charge is 1.99. The predicted molar refractivity (Wildman–Crippen MR) is 76.7 cm³/mol. The second-order valence-corrected chi connectivity index (χ2v) is 5.39. The maximum atomic E-state index is 5.42. The number of rotatable bonds is 7. The van der Waals surface area contributed by atoms with Gasteiger partial charge in [0, 0.05) is 5.54 Å². The van der Waals surface area contributed by atoms with E-state index < -0.39 is 0 Å². The van der Waals surface area contributed by atoms with E-state index in [9.17, 15) is 0 Å². The largest absolute Gasteiger partial charge is 0.322 e. The molecule has 16 heavy (non-hydrogen) atoms. The zero-order chi connectivity index (χ0) is 13.0. The van der Waals surface area contributed by atoms with Crippen LogP contribution >= 0.6 is 0 Å². The molecular weight excluding hydrogens is 194 g/mol. The van der Waals surface area contributed by atoms with Crippen molar-refractivity contribution in [3.8, 4) is 0 Å². The Morgan fingerprint density at radius 2 is 1.69 bits per heavy atom. The van der Waals surface area contributed by atoms with Crippen molar-refractivity contribution in [2.75, 3.05) is 0 Å². The summed E-state index contributed by atoms with van der Waals surface area (Å²) in [4.78, 5) is 0. The van der Waals surface area contributed by atoms with Gasteiger partial charge in [-0.15, -0.1) is 6.58 Å². The first-order valence-electron chi connectivity index (χ1n) is 6.79. The molecular formula is C15H33N. The van der Waals surface area contributed by atoms with Crippen molar-refractivity contribution in [3.05, 3.63) is 12.7 Å². The maximum absolute atomic E-state index is 5.42. The lowest BCUT2D eigenvalue weighted by molar-refractivity contribution is 0.477. The Hall–Kier alpha value is -0.300. The molecule has 1 heteroatoms. The highest BCUT2D eigenvalue weighted by Crippen LogP contribution is 2.12. The molecule has 98 valence electrons. The van der Waals surface area contributed by atoms with Gasteiger partial charge in [-0.1, -0.05) is 65.4 Å². The highest BCUT2D eigenvalue weighted by atomic mass is 14.7. The third kappa shape index (κ3) is 19.3. The summed E-state index contributed by atoms with van der Waals surface area (Å²) < 4.78 is 0. The van der Waals surface area contributed by atoms with Crippen LogP contribution < -0.4 is 5.73 Å². The van der Waals surface area contributed by atoms with Crippen LogP contribution in [-0.4, -0.2) is 5.54 Å². The van der Waals surface area contributed by atoms with E-state index in [1.54, 1.807) is 6.08 Å². The minimum absolute atomic E-state index is 0.194. The maximum Gasteiger partial charge on any atom is 0.0279 e. The molecule has 0 amide bonds. The Morgan fingerprint density at radius 3 is 2.00 bits per heavy atom. The first-order valence-corrected chi connectivity index (χ1v) is 6.79. The van der Waals surface area contributed by atoms with E-state index in [1.165, 1.54) is 38.5 Å². The second-order valence-electron chi connectivity index (χ2n) is 5.39. The molecule has 0 radical (unpaired) electrons. The summed E-state index contributed by atoms with van der Waals surface area (Å²) in [5.74, 6) is 0.955. The molecule has 1 unspecified atom stereocenters. The SMILES string of the molecule is C=CC(C)(C)N.CCCCCCC(C)CC. The van der Waals surface area contributed by atoms with Crippen molar-refractivity contribution >= 4 is 0 Å². The monoisotopic (exact) mass is 227 g/mol. The molecule has 0 bridgehead atoms. The molecule has 1 atom stereocenters. The van der Waals surface area contributed by atoms with E-state index in [4.69, 9.17) is 5.73 Å². The van der Waals surface area contributed by atoms with Gasteiger partial charge >= 0.3 is 0 Å². The summed E-state index contributed by atoms with van der Waals surface area (Å²) in [6.45, 7) is 14.2. The van der Waals surface area contributed by atoms with E-state index in [0.717, 1.165) is 5.92 Å². The van der Waals surface area contributed by atoms with E-state index in [-0.39, 0.29) is 5.54 Å². The van der Waals surface area contributed by atoms with Gasteiger partial charge in [-0.2, -0.15) is 0 Å². The van der Waals surface area contributed by atoms with Gasteiger partial charge in [0.1, 0.15) is 0 Å². The molecule has 1 nitrogen and oxygen atoms in total. The Balaban J connectivity index is 0. The topological polar surface area (TPSA) is 26.0 Å². The molecule has 0 saturated carbocycles. The number of hydrogen-bond acceptors (Lipinski definition) is 1. The molecule has 0 aliphatic rings. The summed E-state index contributed by atoms with van der Waals surface area (Å²) in [5, 5.41) is 0. The fourth-order valence-corrected chi connectivity index (χ4v) is 1.12. The molecule has 0 heterocycles. The van der Waals surface area contributed by atoms with Crippen LogP contribution in [0, 0.1) is 5.92 Å². The first kappa shape index (κ1) is 18.1. The predicted octanol–water partition coefficient (Wildman–Crippen LogP) is 4.91. The Kier molecular flexibility index (Phi) is 12.6. The van der Waals surface area contributed by atoms with Gasteiger partial charge in [0.2, 0.25) is 0 Å². The van der Waals surface area contributed by atoms with Crippen molar-refractivity contribution < 1.29 is 0 Å². The van der Waals surface area contributed by atoms with Gasteiger partial charge in [0.05, 0.1) is 0 Å². The fraction of sp³-hybridized carbons (Fsp3) is 0.867. The fourth-order valence-electron chi connectivity index (χ4n) is 1.12. The molecule has 0 aromatic carbocycles. The number of unbranched alkanes of at least 4 members (excludes halogenated alkanes) is 3. The van der Waals surface area contributed by atoms with Gasteiger partial charge in [0.25, 0.3) is 0 Å². The average molecular weight is 227 g/mol. The third-order valence-corrected chi connectivity index (χ3v) is 2.77. The van der Waals surface area contributed by atoms with Gasteiger partial charge in [0.15, 0.2) is 0 Å². The summed E-state index contributed by atoms with van der Waals surface area (Å²) in [5.41, 5.74) is 5.22. The van der Waals surface area contributed by atoms with Crippen molar-refractivity contribution in [2.24, 2.45) is 11.7 Å². The van der Waals surface area contributed by atoms with Crippen LogP contribution in [0.15, 0.2) is 12.7 Å². The zero-order valence-corrected chi connectivity index (χ0v) is 12.2. The van der Waals surface area contributed by atoms with Crippen molar-refractivity contribution in [3.63, 3.8) is 0 Å². The lowest BCUT2D eigenvalue weighted by atomic mass is 10.0. The second kappa shape index (κ2) is 11.2. The highest BCUT2D eigenvalue weighted by molar-refractivity contribution is 4.91. The van der Waals surface area contributed by atoms with Crippen molar-refractivity contribution in [2.45, 2.75) is 78.7 Å². The van der Waals surface area contributed by atoms with Crippen LogP contribution in [0.2, 0.25) is 0 Å². The number of nitrogens with two attached hydrogens (primary N) is 1. The third-order valence-electron chi connectivity index (χ3n) is 2.77. The van der Waals surface area contributed by atoms with Gasteiger partial charge in [-0.3, -0.25) is 0 Å². The van der Waals surface area contributed by atoms with Crippen LogP contribution in [-0.2, 0) is 0 Å². The molecule has 0 aliphatic carbocycles. The first-order chi connectivity index (χ1) is 7.37. The van der Waals surface area contributed by atoms with Gasteiger partial charge in [-0.05, 0) is 19.8 Å². The van der Waals surface area contributed by atoms with E-state index in [0.29, 0.717) is 0 Å². The molecule has 0 aromatic heterocycles. The molecule has 0 aromatic rings. The Morgan fingerprint density at radius 1 is 1.19 bits per heavy atom. The van der Waals surface area contributed by atoms with Crippen LogP contribution in [0.1, 0.15) is 73.1 Å². The lowest BCUT2D eigenvalue weighted by Crippen LogP contribution is -2.27. The molecule has 0 rings (SSSR count). The van der Waals surface area contributed by atoms with E-state index in [1.807, 2.05) is 13.8 Å². The quantitative estimate of drug-likeness (QED) is 0.485. The van der Waals surface area contributed by atoms with E-state index >= 15 is 0 Å². The summed E-state index contributed by atoms with van der Waals surface area (Å²) in [7, 11) is 0. The standard InChI is InChI=1S/C10H22.C5H11N/c1-4-6-7-8-9-10(3)5-2;1-4-5(2,3)6/h10H,4-9H2,1-3H3;4H,1,6H2,2-3H3. The smallest absolute Gasteiger partial charge is 0.0279 e. The van der Waals surface area contributed by atoms with Crippen LogP contribution in [0.3, 0.4) is 0 Å². The van der Waals surface area contributed by atoms with Gasteiger partial charge < -0.3 is 5.73 Å². The van der Waals surface area contributed by atoms with Crippen molar-refractivity contribution in [1.82, 2.24) is 0 Å². The normalized spacial score (nSPS) is 12.6. The van der Waals surface area contributed by atoms with Gasteiger partial charge in [-0.25, -0.2) is 0 Å². The average Bonchev–Trinajstić information content (AvgIpc) is 2.24. The zero-order valence-electron chi connectivity index (χ0n) is 12.2. The molecule has 0 fully saturated rings. The molecule has 0 spiro atoms. The Labute approximate surface area is 104 Å². The van der Waals surface area contributed by atoms with Crippen molar-refractivity contribution in [1.29, 1.82) is 0 Å². The number of hydrogen-bond donors (Lipinski definition) is 1. The Bertz CT molecular complexity index is 144. The van der Waals surface area contributed by atoms with E-state index in [2.05, 4.69) is 27.4 Å². The summed E-state index contributed by atoms with van der Waals surface area (Å²) >= 11 is 0. The molecule has 2 N–H and O–H groups in total. The van der Waals surface area contributed by atoms with Crippen LogP contribution in [0.25, 0.3) is 0 Å². The molecule has 0 aliphatic heterocycles. The minimum atomic E-state index is -0.194.